The van der Waals surface area contributed by atoms with E-state index < -0.39 is 0 Å². The second kappa shape index (κ2) is 6.47. The third-order valence-corrected chi connectivity index (χ3v) is 6.05. The van der Waals surface area contributed by atoms with Gasteiger partial charge in [0.15, 0.2) is 0 Å². The van der Waals surface area contributed by atoms with Gasteiger partial charge in [-0.3, -0.25) is 4.79 Å². The van der Waals surface area contributed by atoms with Crippen molar-refractivity contribution in [2.75, 3.05) is 24.3 Å². The summed E-state index contributed by atoms with van der Waals surface area (Å²) in [5.74, 6) is -0.160. The van der Waals surface area contributed by atoms with E-state index in [1.165, 1.54) is 11.3 Å². The number of halogens is 3. The number of benzene rings is 1. The van der Waals surface area contributed by atoms with Crippen LogP contribution >= 0.6 is 54.8 Å². The molecular formula is C13H11Br2ClN2OS. The summed E-state index contributed by atoms with van der Waals surface area (Å²) in [6.07, 6.45) is 0. The Hall–Kier alpha value is -0.560. The summed E-state index contributed by atoms with van der Waals surface area (Å²) in [5.41, 5.74) is 1.59. The van der Waals surface area contributed by atoms with Gasteiger partial charge in [0.2, 0.25) is 0 Å². The number of thiophene rings is 1. The number of carbonyl (C=O) groups excluding carboxylic acids is 1. The molecule has 0 aliphatic carbocycles. The quantitative estimate of drug-likeness (QED) is 0.710. The number of rotatable bonds is 3. The molecule has 20 heavy (non-hydrogen) atoms. The monoisotopic (exact) mass is 436 g/mol. The Kier molecular flexibility index (Phi) is 5.12. The van der Waals surface area contributed by atoms with E-state index >= 15 is 0 Å². The number of amides is 1. The average Bonchev–Trinajstić information content (AvgIpc) is 2.69. The number of nitrogens with one attached hydrogen (secondary N) is 1. The molecule has 106 valence electrons. The largest absolute Gasteiger partial charge is 0.376 e. The van der Waals surface area contributed by atoms with Gasteiger partial charge in [0.25, 0.3) is 5.91 Å². The van der Waals surface area contributed by atoms with Crippen LogP contribution in [0.15, 0.2) is 32.5 Å². The van der Waals surface area contributed by atoms with Crippen molar-refractivity contribution >= 4 is 72.1 Å². The minimum Gasteiger partial charge on any atom is -0.376 e. The standard InChI is InChI=1S/C13H11Br2ClN2OS/c1-18(2)10-4-3-7(16)5-9(10)17-13(19)11-6-8(14)12(15)20-11/h3-6H,1-2H3,(H,17,19). The van der Waals surface area contributed by atoms with Crippen molar-refractivity contribution < 1.29 is 4.79 Å². The summed E-state index contributed by atoms with van der Waals surface area (Å²) in [6, 6.07) is 7.19. The second-order valence-electron chi connectivity index (χ2n) is 4.24. The minimum absolute atomic E-state index is 0.160. The van der Waals surface area contributed by atoms with E-state index in [1.54, 1.807) is 18.2 Å². The van der Waals surface area contributed by atoms with Crippen LogP contribution in [0, 0.1) is 0 Å². The molecule has 0 atom stereocenters. The second-order valence-corrected chi connectivity index (χ2v) is 7.90. The zero-order valence-electron chi connectivity index (χ0n) is 10.7. The van der Waals surface area contributed by atoms with Gasteiger partial charge in [-0.25, -0.2) is 0 Å². The Bertz CT molecular complexity index is 638. The predicted octanol–water partition coefficient (Wildman–Crippen LogP) is 5.24. The molecule has 3 nitrogen and oxygen atoms in total. The molecule has 0 fully saturated rings. The van der Waals surface area contributed by atoms with Crippen molar-refractivity contribution in [1.82, 2.24) is 0 Å². The summed E-state index contributed by atoms with van der Waals surface area (Å²) in [7, 11) is 3.83. The van der Waals surface area contributed by atoms with Gasteiger partial charge in [-0.1, -0.05) is 11.6 Å². The van der Waals surface area contributed by atoms with Gasteiger partial charge in [-0.15, -0.1) is 11.3 Å². The molecular weight excluding hydrogens is 427 g/mol. The molecule has 0 aliphatic heterocycles. The van der Waals surface area contributed by atoms with E-state index in [-0.39, 0.29) is 5.91 Å². The number of anilines is 2. The molecule has 0 radical (unpaired) electrons. The topological polar surface area (TPSA) is 32.3 Å². The molecule has 0 bridgehead atoms. The van der Waals surface area contributed by atoms with Gasteiger partial charge < -0.3 is 10.2 Å². The molecule has 1 aromatic carbocycles. The molecule has 0 spiro atoms. The van der Waals surface area contributed by atoms with Crippen LogP contribution in [0.2, 0.25) is 5.02 Å². The molecule has 7 heteroatoms. The van der Waals surface area contributed by atoms with Crippen LogP contribution in [-0.2, 0) is 0 Å². The molecule has 2 aromatic rings. The Balaban J connectivity index is 2.29. The van der Waals surface area contributed by atoms with E-state index in [4.69, 9.17) is 11.6 Å². The fourth-order valence-electron chi connectivity index (χ4n) is 1.64. The SMILES string of the molecule is CN(C)c1ccc(Cl)cc1NC(=O)c1cc(Br)c(Br)s1. The molecule has 0 aliphatic rings. The van der Waals surface area contributed by atoms with Crippen LogP contribution in [0.5, 0.6) is 0 Å². The molecule has 1 amide bonds. The molecule has 1 heterocycles. The van der Waals surface area contributed by atoms with Gasteiger partial charge in [0, 0.05) is 23.6 Å². The zero-order chi connectivity index (χ0) is 14.9. The van der Waals surface area contributed by atoms with Crippen molar-refractivity contribution in [2.24, 2.45) is 0 Å². The van der Waals surface area contributed by atoms with E-state index in [1.807, 2.05) is 25.1 Å². The first kappa shape index (κ1) is 15.8. The number of nitrogens with zero attached hydrogens (tertiary/aromatic N) is 1. The molecule has 0 saturated carbocycles. The Morgan fingerprint density at radius 1 is 1.30 bits per heavy atom. The first-order chi connectivity index (χ1) is 9.38. The number of hydrogen-bond donors (Lipinski definition) is 1. The molecule has 1 aromatic heterocycles. The Morgan fingerprint density at radius 2 is 2.00 bits per heavy atom. The zero-order valence-corrected chi connectivity index (χ0v) is 15.5. The Morgan fingerprint density at radius 3 is 2.55 bits per heavy atom. The van der Waals surface area contributed by atoms with Crippen LogP contribution in [0.4, 0.5) is 11.4 Å². The highest BCUT2D eigenvalue weighted by molar-refractivity contribution is 9.13. The first-order valence-electron chi connectivity index (χ1n) is 5.61. The molecule has 2 rings (SSSR count). The van der Waals surface area contributed by atoms with E-state index in [9.17, 15) is 4.79 Å². The lowest BCUT2D eigenvalue weighted by molar-refractivity contribution is 0.103. The lowest BCUT2D eigenvalue weighted by Gasteiger charge is -2.18. The van der Waals surface area contributed by atoms with E-state index in [0.29, 0.717) is 15.6 Å². The summed E-state index contributed by atoms with van der Waals surface area (Å²) < 4.78 is 1.76. The van der Waals surface area contributed by atoms with Crippen LogP contribution in [0.3, 0.4) is 0 Å². The van der Waals surface area contributed by atoms with Crippen LogP contribution in [-0.4, -0.2) is 20.0 Å². The lowest BCUT2D eigenvalue weighted by Crippen LogP contribution is -2.16. The van der Waals surface area contributed by atoms with Crippen molar-refractivity contribution in [3.8, 4) is 0 Å². The highest BCUT2D eigenvalue weighted by Crippen LogP contribution is 2.34. The van der Waals surface area contributed by atoms with Gasteiger partial charge >= 0.3 is 0 Å². The highest BCUT2D eigenvalue weighted by atomic mass is 79.9. The Labute approximate surface area is 143 Å². The van der Waals surface area contributed by atoms with Gasteiger partial charge in [0.1, 0.15) is 0 Å². The first-order valence-corrected chi connectivity index (χ1v) is 8.39. The van der Waals surface area contributed by atoms with Crippen molar-refractivity contribution in [3.63, 3.8) is 0 Å². The summed E-state index contributed by atoms with van der Waals surface area (Å²) >= 11 is 14.1. The third-order valence-electron chi connectivity index (χ3n) is 2.56. The maximum atomic E-state index is 12.3. The average molecular weight is 439 g/mol. The van der Waals surface area contributed by atoms with Crippen LogP contribution in [0.25, 0.3) is 0 Å². The van der Waals surface area contributed by atoms with Gasteiger partial charge in [0.05, 0.1) is 20.0 Å². The molecule has 0 unspecified atom stereocenters. The van der Waals surface area contributed by atoms with Crippen LogP contribution in [0.1, 0.15) is 9.67 Å². The fourth-order valence-corrected chi connectivity index (χ4v) is 3.74. The summed E-state index contributed by atoms with van der Waals surface area (Å²) in [6.45, 7) is 0. The maximum absolute atomic E-state index is 12.3. The van der Waals surface area contributed by atoms with Gasteiger partial charge in [-0.05, 0) is 56.1 Å². The number of hydrogen-bond acceptors (Lipinski definition) is 3. The highest BCUT2D eigenvalue weighted by Gasteiger charge is 2.14. The van der Waals surface area contributed by atoms with E-state index in [2.05, 4.69) is 37.2 Å². The van der Waals surface area contributed by atoms with Gasteiger partial charge in [-0.2, -0.15) is 0 Å². The number of carbonyl (C=O) groups is 1. The van der Waals surface area contributed by atoms with E-state index in [0.717, 1.165) is 13.9 Å². The lowest BCUT2D eigenvalue weighted by atomic mass is 10.2. The molecule has 0 saturated heterocycles. The smallest absolute Gasteiger partial charge is 0.265 e. The maximum Gasteiger partial charge on any atom is 0.265 e. The minimum atomic E-state index is -0.160. The summed E-state index contributed by atoms with van der Waals surface area (Å²) in [5, 5.41) is 3.48. The fraction of sp³-hybridized carbons (Fsp3) is 0.154. The van der Waals surface area contributed by atoms with Crippen molar-refractivity contribution in [3.05, 3.63) is 42.4 Å². The van der Waals surface area contributed by atoms with Crippen LogP contribution < -0.4 is 10.2 Å². The van der Waals surface area contributed by atoms with Crippen molar-refractivity contribution in [1.29, 1.82) is 0 Å². The normalized spacial score (nSPS) is 10.4. The predicted molar refractivity (Wildman–Crippen MR) is 93.5 cm³/mol. The summed E-state index contributed by atoms with van der Waals surface area (Å²) in [4.78, 5) is 14.8. The molecule has 1 N–H and O–H groups in total. The van der Waals surface area contributed by atoms with Crippen molar-refractivity contribution in [2.45, 2.75) is 0 Å². The third kappa shape index (κ3) is 3.55.